The van der Waals surface area contributed by atoms with Crippen molar-refractivity contribution in [2.45, 2.75) is 58.3 Å². The molecule has 15 heavy (non-hydrogen) atoms. The Morgan fingerprint density at radius 2 is 1.53 bits per heavy atom. The summed E-state index contributed by atoms with van der Waals surface area (Å²) in [7, 11) is 0. The summed E-state index contributed by atoms with van der Waals surface area (Å²) in [6, 6.07) is 0. The Morgan fingerprint density at radius 3 is 2.07 bits per heavy atom. The van der Waals surface area contributed by atoms with Crippen molar-refractivity contribution in [1.29, 1.82) is 0 Å². The lowest BCUT2D eigenvalue weighted by atomic mass is 10.1. The zero-order chi connectivity index (χ0) is 11.6. The van der Waals surface area contributed by atoms with Gasteiger partial charge in [-0.25, -0.2) is 0 Å². The highest BCUT2D eigenvalue weighted by atomic mass is 35.9. The molecule has 0 fully saturated rings. The Kier molecular flexibility index (Phi) is 10.1. The Balaban J connectivity index is 3.18. The first-order chi connectivity index (χ1) is 7.06. The van der Waals surface area contributed by atoms with Crippen molar-refractivity contribution in [1.82, 2.24) is 0 Å². The van der Waals surface area contributed by atoms with Gasteiger partial charge in [-0.05, 0) is 41.1 Å². The van der Waals surface area contributed by atoms with Crippen LogP contribution in [-0.2, 0) is 4.57 Å². The third kappa shape index (κ3) is 14.6. The molecule has 0 aromatic carbocycles. The van der Waals surface area contributed by atoms with E-state index >= 15 is 0 Å². The Hall–Kier alpha value is 0.550. The quantitative estimate of drug-likeness (QED) is 0.354. The Labute approximate surface area is 103 Å². The molecule has 90 valence electrons. The predicted molar refractivity (Wildman–Crippen MR) is 71.1 cm³/mol. The molecule has 0 aliphatic rings. The van der Waals surface area contributed by atoms with Crippen LogP contribution >= 0.6 is 28.3 Å². The van der Waals surface area contributed by atoms with Crippen LogP contribution in [0, 0.1) is 0 Å². The van der Waals surface area contributed by atoms with Crippen molar-refractivity contribution >= 4 is 28.3 Å². The lowest BCUT2D eigenvalue weighted by Gasteiger charge is -1.98. The van der Waals surface area contributed by atoms with E-state index < -0.39 is 5.85 Å². The largest absolute Gasteiger partial charge is 0.285 e. The average molecular weight is 271 g/mol. The van der Waals surface area contributed by atoms with Gasteiger partial charge in [-0.3, -0.25) is 4.57 Å². The van der Waals surface area contributed by atoms with Crippen molar-refractivity contribution in [3.8, 4) is 0 Å². The monoisotopic (exact) mass is 270 g/mol. The minimum absolute atomic E-state index is 0.928. The molecular formula is C11H21Cl2OP. The van der Waals surface area contributed by atoms with Gasteiger partial charge in [0.2, 0.25) is 0 Å². The summed E-state index contributed by atoms with van der Waals surface area (Å²) < 4.78 is 10.9. The van der Waals surface area contributed by atoms with Gasteiger partial charge in [0.1, 0.15) is 0 Å². The molecule has 0 aliphatic carbocycles. The van der Waals surface area contributed by atoms with Crippen molar-refractivity contribution in [2.75, 3.05) is 0 Å². The summed E-state index contributed by atoms with van der Waals surface area (Å²) in [5.41, 5.74) is 0. The minimum atomic E-state index is -2.97. The van der Waals surface area contributed by atoms with E-state index in [2.05, 4.69) is 6.92 Å². The molecule has 0 saturated carbocycles. The highest BCUT2D eigenvalue weighted by Crippen LogP contribution is 2.58. The Morgan fingerprint density at radius 1 is 1.00 bits per heavy atom. The number of hydrogen-bond donors (Lipinski definition) is 0. The van der Waals surface area contributed by atoms with Gasteiger partial charge in [-0.15, -0.1) is 0 Å². The molecule has 0 heterocycles. The third-order valence-electron chi connectivity index (χ3n) is 2.25. The topological polar surface area (TPSA) is 17.1 Å². The van der Waals surface area contributed by atoms with Crippen molar-refractivity contribution in [3.05, 3.63) is 11.9 Å². The van der Waals surface area contributed by atoms with E-state index in [9.17, 15) is 4.57 Å². The normalized spacial score (nSPS) is 12.5. The van der Waals surface area contributed by atoms with Gasteiger partial charge in [0.15, 0.2) is 0 Å². The summed E-state index contributed by atoms with van der Waals surface area (Å²) in [6.07, 6.45) is 11.8. The maximum atomic E-state index is 10.9. The van der Waals surface area contributed by atoms with Crippen LogP contribution in [0.1, 0.15) is 58.3 Å². The summed E-state index contributed by atoms with van der Waals surface area (Å²) in [4.78, 5) is 0. The van der Waals surface area contributed by atoms with E-state index in [1.165, 1.54) is 44.3 Å². The number of allylic oxidation sites excluding steroid dienone is 1. The number of hydrogen-bond acceptors (Lipinski definition) is 1. The van der Waals surface area contributed by atoms with Crippen molar-refractivity contribution < 1.29 is 4.57 Å². The molecule has 0 aromatic heterocycles. The standard InChI is InChI=1S/C11H21Cl2OP/c1-2-3-4-5-6-7-8-9-10-11-15(12,13)14/h10-11H,2-9H2,1H3. The van der Waals surface area contributed by atoms with Crippen LogP contribution in [0.3, 0.4) is 0 Å². The van der Waals surface area contributed by atoms with E-state index in [1.807, 2.05) is 6.08 Å². The highest BCUT2D eigenvalue weighted by molar-refractivity contribution is 8.10. The highest BCUT2D eigenvalue weighted by Gasteiger charge is 2.05. The predicted octanol–water partition coefficient (Wildman–Crippen LogP) is 6.31. The third-order valence-corrected chi connectivity index (χ3v) is 3.49. The summed E-state index contributed by atoms with van der Waals surface area (Å²) in [5.74, 6) is -1.55. The molecule has 0 aromatic rings. The lowest BCUT2D eigenvalue weighted by molar-refractivity contribution is 0.591. The molecule has 0 radical (unpaired) electrons. The van der Waals surface area contributed by atoms with Gasteiger partial charge in [0, 0.05) is 0 Å². The molecule has 0 atom stereocenters. The van der Waals surface area contributed by atoms with Crippen LogP contribution in [0.2, 0.25) is 0 Å². The second kappa shape index (κ2) is 9.75. The molecule has 0 aliphatic heterocycles. The van der Waals surface area contributed by atoms with Crippen LogP contribution in [0.15, 0.2) is 11.9 Å². The fourth-order valence-electron chi connectivity index (χ4n) is 1.42. The van der Waals surface area contributed by atoms with Gasteiger partial charge in [0.05, 0.1) is 0 Å². The van der Waals surface area contributed by atoms with Gasteiger partial charge < -0.3 is 0 Å². The van der Waals surface area contributed by atoms with Gasteiger partial charge in [0.25, 0.3) is 5.85 Å². The van der Waals surface area contributed by atoms with Crippen LogP contribution in [0.25, 0.3) is 0 Å². The van der Waals surface area contributed by atoms with Gasteiger partial charge in [-0.1, -0.05) is 51.5 Å². The molecule has 4 heteroatoms. The molecular weight excluding hydrogens is 250 g/mol. The minimum Gasteiger partial charge on any atom is -0.285 e. The second-order valence-corrected chi connectivity index (χ2v) is 8.63. The summed E-state index contributed by atoms with van der Waals surface area (Å²) in [6.45, 7) is 2.22. The number of rotatable bonds is 9. The van der Waals surface area contributed by atoms with Crippen molar-refractivity contribution in [2.24, 2.45) is 0 Å². The first-order valence-electron chi connectivity index (χ1n) is 5.73. The summed E-state index contributed by atoms with van der Waals surface area (Å²) in [5, 5.41) is 0. The lowest BCUT2D eigenvalue weighted by Crippen LogP contribution is -1.78. The van der Waals surface area contributed by atoms with Gasteiger partial charge >= 0.3 is 0 Å². The van der Waals surface area contributed by atoms with E-state index in [0.717, 1.165) is 12.8 Å². The maximum absolute atomic E-state index is 10.9. The maximum Gasteiger partial charge on any atom is 0.274 e. The molecule has 1 nitrogen and oxygen atoms in total. The number of halogens is 2. The first-order valence-corrected chi connectivity index (χ1v) is 9.31. The van der Waals surface area contributed by atoms with Crippen LogP contribution < -0.4 is 0 Å². The molecule has 0 saturated heterocycles. The Bertz CT molecular complexity index is 211. The molecule has 0 N–H and O–H groups in total. The van der Waals surface area contributed by atoms with E-state index in [-0.39, 0.29) is 0 Å². The average Bonchev–Trinajstić information content (AvgIpc) is 2.14. The zero-order valence-electron chi connectivity index (χ0n) is 9.42. The van der Waals surface area contributed by atoms with E-state index in [4.69, 9.17) is 22.5 Å². The van der Waals surface area contributed by atoms with E-state index in [0.29, 0.717) is 0 Å². The zero-order valence-corrected chi connectivity index (χ0v) is 11.8. The summed E-state index contributed by atoms with van der Waals surface area (Å²) >= 11 is 10.7. The molecule has 0 amide bonds. The molecule has 0 unspecified atom stereocenters. The van der Waals surface area contributed by atoms with Crippen LogP contribution in [-0.4, -0.2) is 0 Å². The smallest absolute Gasteiger partial charge is 0.274 e. The van der Waals surface area contributed by atoms with Gasteiger partial charge in [-0.2, -0.15) is 0 Å². The molecule has 0 bridgehead atoms. The molecule has 0 spiro atoms. The fourth-order valence-corrected chi connectivity index (χ4v) is 2.29. The first kappa shape index (κ1) is 15.6. The van der Waals surface area contributed by atoms with Crippen molar-refractivity contribution in [3.63, 3.8) is 0 Å². The fraction of sp³-hybridized carbons (Fsp3) is 0.818. The van der Waals surface area contributed by atoms with Crippen LogP contribution in [0.5, 0.6) is 0 Å². The number of unbranched alkanes of at least 4 members (excludes halogenated alkanes) is 7. The second-order valence-electron chi connectivity index (χ2n) is 3.80. The molecule has 0 rings (SSSR count). The van der Waals surface area contributed by atoms with Crippen LogP contribution in [0.4, 0.5) is 0 Å². The SMILES string of the molecule is CCCCCCCCCC=CP(=O)(Cl)Cl. The van der Waals surface area contributed by atoms with E-state index in [1.54, 1.807) is 0 Å².